The maximum Gasteiger partial charge on any atom is 0.248 e. The van der Waals surface area contributed by atoms with Crippen LogP contribution in [0.5, 0.6) is 0 Å². The van der Waals surface area contributed by atoms with E-state index in [1.54, 1.807) is 24.3 Å². The van der Waals surface area contributed by atoms with Crippen molar-refractivity contribution in [1.29, 1.82) is 0 Å². The van der Waals surface area contributed by atoms with Gasteiger partial charge in [-0.05, 0) is 43.2 Å². The molecule has 0 heterocycles. The number of nitrogens with one attached hydrogen (secondary N) is 1. The van der Waals surface area contributed by atoms with Gasteiger partial charge in [0.15, 0.2) is 0 Å². The highest BCUT2D eigenvalue weighted by Gasteiger charge is 2.06. The molecule has 2 aromatic carbocycles. The van der Waals surface area contributed by atoms with Crippen molar-refractivity contribution in [2.45, 2.75) is 13.8 Å². The number of carbonyl (C=O) groups excluding carboxylic acids is 1. The van der Waals surface area contributed by atoms with E-state index < -0.39 is 0 Å². The van der Waals surface area contributed by atoms with Gasteiger partial charge in [-0.25, -0.2) is 0 Å². The monoisotopic (exact) mass is 319 g/mol. The molecular weight excluding hydrogens is 305 g/mol. The van der Waals surface area contributed by atoms with Crippen molar-refractivity contribution in [2.75, 3.05) is 5.32 Å². The van der Waals surface area contributed by atoms with Gasteiger partial charge in [-0.1, -0.05) is 47.5 Å². The zero-order chi connectivity index (χ0) is 15.4. The summed E-state index contributed by atoms with van der Waals surface area (Å²) in [5, 5.41) is 3.90. The quantitative estimate of drug-likeness (QED) is 0.768. The second kappa shape index (κ2) is 6.79. The minimum absolute atomic E-state index is 0.219. The predicted molar refractivity (Wildman–Crippen MR) is 90.0 cm³/mol. The number of carbonyl (C=O) groups is 1. The summed E-state index contributed by atoms with van der Waals surface area (Å²) in [4.78, 5) is 12.0. The van der Waals surface area contributed by atoms with Gasteiger partial charge >= 0.3 is 0 Å². The molecule has 0 radical (unpaired) electrons. The van der Waals surface area contributed by atoms with Crippen molar-refractivity contribution in [2.24, 2.45) is 0 Å². The van der Waals surface area contributed by atoms with Gasteiger partial charge in [-0.3, -0.25) is 4.79 Å². The second-order valence-electron chi connectivity index (χ2n) is 4.72. The van der Waals surface area contributed by atoms with Gasteiger partial charge in [-0.2, -0.15) is 0 Å². The Hall–Kier alpha value is -1.77. The first kappa shape index (κ1) is 15.6. The van der Waals surface area contributed by atoms with E-state index >= 15 is 0 Å². The third-order valence-electron chi connectivity index (χ3n) is 3.13. The molecule has 0 spiro atoms. The SMILES string of the molecule is Cc1cccc(C)c1NC(=O)/C=C/c1c(Cl)cccc1Cl. The number of hydrogen-bond acceptors (Lipinski definition) is 1. The Bertz CT molecular complexity index is 667. The van der Waals surface area contributed by atoms with Crippen LogP contribution in [0.15, 0.2) is 42.5 Å². The van der Waals surface area contributed by atoms with Crippen LogP contribution in [-0.4, -0.2) is 5.91 Å². The lowest BCUT2D eigenvalue weighted by atomic mass is 10.1. The lowest BCUT2D eigenvalue weighted by Gasteiger charge is -2.09. The summed E-state index contributed by atoms with van der Waals surface area (Å²) in [7, 11) is 0. The highest BCUT2D eigenvalue weighted by atomic mass is 35.5. The number of aryl methyl sites for hydroxylation is 2. The molecular formula is C17H15Cl2NO. The van der Waals surface area contributed by atoms with Gasteiger partial charge in [0.25, 0.3) is 0 Å². The third kappa shape index (κ3) is 3.87. The summed E-state index contributed by atoms with van der Waals surface area (Å²) in [5.41, 5.74) is 3.51. The van der Waals surface area contributed by atoms with E-state index in [0.29, 0.717) is 15.6 Å². The number of benzene rings is 2. The first-order chi connectivity index (χ1) is 9.99. The molecule has 2 aromatic rings. The molecule has 0 saturated carbocycles. The summed E-state index contributed by atoms with van der Waals surface area (Å²) in [5.74, 6) is -0.219. The van der Waals surface area contributed by atoms with Gasteiger partial charge in [-0.15, -0.1) is 0 Å². The smallest absolute Gasteiger partial charge is 0.248 e. The van der Waals surface area contributed by atoms with Crippen LogP contribution in [0.25, 0.3) is 6.08 Å². The molecule has 2 nitrogen and oxygen atoms in total. The standard InChI is InChI=1S/C17H15Cl2NO/c1-11-5-3-6-12(2)17(11)20-16(21)10-9-13-14(18)7-4-8-15(13)19/h3-10H,1-2H3,(H,20,21)/b10-9+. The summed E-state index contributed by atoms with van der Waals surface area (Å²) in [6.45, 7) is 3.91. The number of anilines is 1. The summed E-state index contributed by atoms with van der Waals surface area (Å²) < 4.78 is 0. The molecule has 4 heteroatoms. The molecule has 2 rings (SSSR count). The minimum Gasteiger partial charge on any atom is -0.322 e. The Labute approximate surface area is 134 Å². The Morgan fingerprint density at radius 1 is 1.00 bits per heavy atom. The van der Waals surface area contributed by atoms with Crippen LogP contribution in [-0.2, 0) is 4.79 Å². The molecule has 0 bridgehead atoms. The first-order valence-corrected chi connectivity index (χ1v) is 7.24. The summed E-state index contributed by atoms with van der Waals surface area (Å²) >= 11 is 12.1. The predicted octanol–water partition coefficient (Wildman–Crippen LogP) is 5.26. The Morgan fingerprint density at radius 3 is 2.10 bits per heavy atom. The minimum atomic E-state index is -0.219. The molecule has 0 saturated heterocycles. The normalized spacial score (nSPS) is 10.9. The molecule has 0 atom stereocenters. The maximum atomic E-state index is 12.0. The fourth-order valence-electron chi connectivity index (χ4n) is 2.01. The largest absolute Gasteiger partial charge is 0.322 e. The summed E-state index contributed by atoms with van der Waals surface area (Å²) in [6.07, 6.45) is 3.05. The molecule has 21 heavy (non-hydrogen) atoms. The van der Waals surface area contributed by atoms with Crippen LogP contribution in [0.4, 0.5) is 5.69 Å². The third-order valence-corrected chi connectivity index (χ3v) is 3.79. The van der Waals surface area contributed by atoms with Crippen LogP contribution in [0.2, 0.25) is 10.0 Å². The average Bonchev–Trinajstić information content (AvgIpc) is 2.42. The van der Waals surface area contributed by atoms with Crippen LogP contribution in [0.1, 0.15) is 16.7 Å². The van der Waals surface area contributed by atoms with Crippen molar-refractivity contribution in [3.05, 3.63) is 69.2 Å². The maximum absolute atomic E-state index is 12.0. The van der Waals surface area contributed by atoms with E-state index in [2.05, 4.69) is 5.32 Å². The number of rotatable bonds is 3. The molecule has 0 fully saturated rings. The van der Waals surface area contributed by atoms with Crippen molar-refractivity contribution >= 4 is 40.9 Å². The highest BCUT2D eigenvalue weighted by Crippen LogP contribution is 2.25. The van der Waals surface area contributed by atoms with Crippen molar-refractivity contribution in [1.82, 2.24) is 0 Å². The number of halogens is 2. The highest BCUT2D eigenvalue weighted by molar-refractivity contribution is 6.37. The second-order valence-corrected chi connectivity index (χ2v) is 5.54. The van der Waals surface area contributed by atoms with Gasteiger partial charge in [0.2, 0.25) is 5.91 Å². The van der Waals surface area contributed by atoms with E-state index in [-0.39, 0.29) is 5.91 Å². The number of para-hydroxylation sites is 1. The van der Waals surface area contributed by atoms with Gasteiger partial charge in [0.05, 0.1) is 0 Å². The van der Waals surface area contributed by atoms with Gasteiger partial charge < -0.3 is 5.32 Å². The van der Waals surface area contributed by atoms with Crippen molar-refractivity contribution < 1.29 is 4.79 Å². The molecule has 1 N–H and O–H groups in total. The lowest BCUT2D eigenvalue weighted by molar-refractivity contribution is -0.111. The molecule has 0 aromatic heterocycles. The van der Waals surface area contributed by atoms with E-state index in [4.69, 9.17) is 23.2 Å². The Morgan fingerprint density at radius 2 is 1.52 bits per heavy atom. The van der Waals surface area contributed by atoms with E-state index in [1.807, 2.05) is 32.0 Å². The Balaban J connectivity index is 2.17. The molecule has 0 unspecified atom stereocenters. The fourth-order valence-corrected chi connectivity index (χ4v) is 2.53. The molecule has 0 aliphatic carbocycles. The zero-order valence-corrected chi connectivity index (χ0v) is 13.3. The molecule has 108 valence electrons. The van der Waals surface area contributed by atoms with Crippen LogP contribution < -0.4 is 5.32 Å². The van der Waals surface area contributed by atoms with Crippen LogP contribution in [0.3, 0.4) is 0 Å². The van der Waals surface area contributed by atoms with Crippen molar-refractivity contribution in [3.8, 4) is 0 Å². The van der Waals surface area contributed by atoms with Gasteiger partial charge in [0.1, 0.15) is 0 Å². The van der Waals surface area contributed by atoms with Crippen LogP contribution >= 0.6 is 23.2 Å². The average molecular weight is 320 g/mol. The number of amides is 1. The number of hydrogen-bond donors (Lipinski definition) is 1. The first-order valence-electron chi connectivity index (χ1n) is 6.48. The summed E-state index contributed by atoms with van der Waals surface area (Å²) in [6, 6.07) is 11.1. The molecule has 0 aliphatic heterocycles. The fraction of sp³-hybridized carbons (Fsp3) is 0.118. The Kier molecular flexibility index (Phi) is 5.05. The van der Waals surface area contributed by atoms with Crippen molar-refractivity contribution in [3.63, 3.8) is 0 Å². The van der Waals surface area contributed by atoms with E-state index in [1.165, 1.54) is 6.08 Å². The molecule has 1 amide bonds. The topological polar surface area (TPSA) is 29.1 Å². The lowest BCUT2D eigenvalue weighted by Crippen LogP contribution is -2.10. The van der Waals surface area contributed by atoms with Crippen LogP contribution in [0, 0.1) is 13.8 Å². The zero-order valence-electron chi connectivity index (χ0n) is 11.8. The van der Waals surface area contributed by atoms with Gasteiger partial charge in [0, 0.05) is 27.4 Å². The van der Waals surface area contributed by atoms with E-state index in [9.17, 15) is 4.79 Å². The molecule has 0 aliphatic rings. The van der Waals surface area contributed by atoms with E-state index in [0.717, 1.165) is 16.8 Å².